The molecule has 7 nitrogen and oxygen atoms in total. The summed E-state index contributed by atoms with van der Waals surface area (Å²) in [4.78, 5) is 28.3. The van der Waals surface area contributed by atoms with Crippen LogP contribution in [-0.2, 0) is 4.79 Å². The molecular formula is C17H20N4O3. The van der Waals surface area contributed by atoms with Crippen LogP contribution in [0.3, 0.4) is 0 Å². The Bertz CT molecular complexity index is 756. The highest BCUT2D eigenvalue weighted by atomic mass is 16.3. The van der Waals surface area contributed by atoms with Crippen molar-refractivity contribution < 1.29 is 14.0 Å². The molecule has 24 heavy (non-hydrogen) atoms. The molecule has 1 aromatic carbocycles. The lowest BCUT2D eigenvalue weighted by atomic mass is 9.94. The van der Waals surface area contributed by atoms with Gasteiger partial charge in [-0.2, -0.15) is 0 Å². The summed E-state index contributed by atoms with van der Waals surface area (Å²) in [6.07, 6.45) is 2.42. The van der Waals surface area contributed by atoms with Crippen molar-refractivity contribution in [1.82, 2.24) is 15.6 Å². The van der Waals surface area contributed by atoms with Crippen molar-refractivity contribution in [3.05, 3.63) is 36.2 Å². The van der Waals surface area contributed by atoms with E-state index in [4.69, 9.17) is 4.42 Å². The van der Waals surface area contributed by atoms with Crippen molar-refractivity contribution in [1.29, 1.82) is 0 Å². The molecule has 126 valence electrons. The summed E-state index contributed by atoms with van der Waals surface area (Å²) in [7, 11) is 0. The predicted octanol–water partition coefficient (Wildman–Crippen LogP) is 2.30. The second-order valence-electron chi connectivity index (χ2n) is 6.01. The zero-order chi connectivity index (χ0) is 17.1. The quantitative estimate of drug-likeness (QED) is 0.805. The minimum atomic E-state index is -0.517. The zero-order valence-electron chi connectivity index (χ0n) is 13.6. The normalized spacial score (nSPS) is 20.3. The van der Waals surface area contributed by atoms with Gasteiger partial charge >= 0.3 is 6.03 Å². The minimum absolute atomic E-state index is 0.103. The molecule has 0 spiro atoms. The monoisotopic (exact) mass is 328 g/mol. The van der Waals surface area contributed by atoms with E-state index in [1.165, 1.54) is 0 Å². The average Bonchev–Trinajstić information content (AvgIpc) is 2.98. The van der Waals surface area contributed by atoms with E-state index in [9.17, 15) is 9.59 Å². The van der Waals surface area contributed by atoms with Crippen LogP contribution in [-0.4, -0.2) is 29.5 Å². The van der Waals surface area contributed by atoms with Gasteiger partial charge in [0.1, 0.15) is 12.3 Å². The number of hydrogen-bond donors (Lipinski definition) is 3. The van der Waals surface area contributed by atoms with Crippen molar-refractivity contribution >= 4 is 17.6 Å². The van der Waals surface area contributed by atoms with Gasteiger partial charge in [-0.1, -0.05) is 13.0 Å². The number of oxazole rings is 1. The highest BCUT2D eigenvalue weighted by Crippen LogP contribution is 2.22. The third-order valence-electron chi connectivity index (χ3n) is 4.02. The fourth-order valence-electron chi connectivity index (χ4n) is 2.69. The highest BCUT2D eigenvalue weighted by molar-refractivity contribution is 5.94. The van der Waals surface area contributed by atoms with Gasteiger partial charge in [0.25, 0.3) is 0 Å². The lowest BCUT2D eigenvalue weighted by Crippen LogP contribution is -2.55. The first-order valence-corrected chi connectivity index (χ1v) is 7.91. The number of anilines is 1. The van der Waals surface area contributed by atoms with Crippen LogP contribution in [0.15, 0.2) is 34.9 Å². The van der Waals surface area contributed by atoms with Crippen molar-refractivity contribution in [3.63, 3.8) is 0 Å². The van der Waals surface area contributed by atoms with Gasteiger partial charge in [0, 0.05) is 17.8 Å². The molecule has 0 unspecified atom stereocenters. The van der Waals surface area contributed by atoms with Crippen LogP contribution < -0.4 is 16.0 Å². The van der Waals surface area contributed by atoms with Crippen molar-refractivity contribution in [2.45, 2.75) is 26.3 Å². The maximum atomic E-state index is 12.2. The summed E-state index contributed by atoms with van der Waals surface area (Å²) in [5, 5.41) is 8.24. The molecular weight excluding hydrogens is 308 g/mol. The standard InChI is InChI=1S/C17H20N4O3/c1-10-6-7-18-15(22)14(10)21-17(23)20-13-5-3-4-12(8-13)16-19-11(2)9-24-16/h3-5,8-10,14H,6-7H2,1-2H3,(H,18,22)(H2,20,21,23)/t10-,14-/m1/s1. The number of urea groups is 1. The Kier molecular flexibility index (Phi) is 4.50. The number of aryl methyl sites for hydroxylation is 1. The fraction of sp³-hybridized carbons (Fsp3) is 0.353. The van der Waals surface area contributed by atoms with Gasteiger partial charge in [0.15, 0.2) is 0 Å². The molecule has 1 saturated heterocycles. The van der Waals surface area contributed by atoms with Crippen LogP contribution >= 0.6 is 0 Å². The molecule has 1 aliphatic heterocycles. The number of benzene rings is 1. The van der Waals surface area contributed by atoms with E-state index in [1.807, 2.05) is 19.9 Å². The number of amides is 3. The van der Waals surface area contributed by atoms with Gasteiger partial charge in [-0.25, -0.2) is 9.78 Å². The van der Waals surface area contributed by atoms with Crippen molar-refractivity contribution in [2.24, 2.45) is 5.92 Å². The predicted molar refractivity (Wildman–Crippen MR) is 89.4 cm³/mol. The van der Waals surface area contributed by atoms with E-state index in [0.717, 1.165) is 17.7 Å². The molecule has 2 aromatic rings. The Balaban J connectivity index is 1.67. The molecule has 3 amide bonds. The first kappa shape index (κ1) is 16.0. The minimum Gasteiger partial charge on any atom is -0.444 e. The third kappa shape index (κ3) is 3.56. The van der Waals surface area contributed by atoms with Crippen molar-refractivity contribution in [2.75, 3.05) is 11.9 Å². The van der Waals surface area contributed by atoms with Gasteiger partial charge in [0.05, 0.1) is 5.69 Å². The molecule has 7 heteroatoms. The number of nitrogens with one attached hydrogen (secondary N) is 3. The second kappa shape index (κ2) is 6.74. The SMILES string of the molecule is Cc1coc(-c2cccc(NC(=O)N[C@H]3C(=O)NCC[C@H]3C)c2)n1. The number of piperidine rings is 1. The molecule has 2 atom stereocenters. The number of aromatic nitrogens is 1. The molecule has 0 saturated carbocycles. The Hall–Kier alpha value is -2.83. The van der Waals surface area contributed by atoms with E-state index in [0.29, 0.717) is 18.1 Å². The summed E-state index contributed by atoms with van der Waals surface area (Å²) in [5.74, 6) is 0.455. The third-order valence-corrected chi connectivity index (χ3v) is 4.02. The fourth-order valence-corrected chi connectivity index (χ4v) is 2.69. The smallest absolute Gasteiger partial charge is 0.319 e. The number of nitrogens with zero attached hydrogens (tertiary/aromatic N) is 1. The Morgan fingerprint density at radius 3 is 2.96 bits per heavy atom. The van der Waals surface area contributed by atoms with Crippen LogP contribution in [0.4, 0.5) is 10.5 Å². The van der Waals surface area contributed by atoms with Gasteiger partial charge in [-0.15, -0.1) is 0 Å². The molecule has 0 bridgehead atoms. The number of hydrogen-bond acceptors (Lipinski definition) is 4. The van der Waals surface area contributed by atoms with Crippen LogP contribution in [0.25, 0.3) is 11.5 Å². The Morgan fingerprint density at radius 1 is 1.42 bits per heavy atom. The number of rotatable bonds is 3. The molecule has 0 aliphatic carbocycles. The largest absolute Gasteiger partial charge is 0.444 e. The molecule has 1 fully saturated rings. The molecule has 1 aliphatic rings. The number of carbonyl (C=O) groups is 2. The highest BCUT2D eigenvalue weighted by Gasteiger charge is 2.30. The molecule has 2 heterocycles. The van der Waals surface area contributed by atoms with Crippen LogP contribution in [0.1, 0.15) is 19.0 Å². The second-order valence-corrected chi connectivity index (χ2v) is 6.01. The Morgan fingerprint density at radius 2 is 2.25 bits per heavy atom. The summed E-state index contributed by atoms with van der Waals surface area (Å²) in [6, 6.07) is 6.27. The van der Waals surface area contributed by atoms with Gasteiger partial charge in [-0.3, -0.25) is 4.79 Å². The van der Waals surface area contributed by atoms with E-state index in [-0.39, 0.29) is 11.8 Å². The molecule has 3 rings (SSSR count). The molecule has 1 aromatic heterocycles. The summed E-state index contributed by atoms with van der Waals surface area (Å²) in [5.41, 5.74) is 2.16. The van der Waals surface area contributed by atoms with Gasteiger partial charge in [0.2, 0.25) is 11.8 Å². The van der Waals surface area contributed by atoms with E-state index >= 15 is 0 Å². The first-order valence-electron chi connectivity index (χ1n) is 7.91. The maximum Gasteiger partial charge on any atom is 0.319 e. The average molecular weight is 328 g/mol. The molecule has 3 N–H and O–H groups in total. The van der Waals surface area contributed by atoms with E-state index in [1.54, 1.807) is 24.5 Å². The zero-order valence-corrected chi connectivity index (χ0v) is 13.6. The lowest BCUT2D eigenvalue weighted by molar-refractivity contribution is -0.125. The first-order chi connectivity index (χ1) is 11.5. The van der Waals surface area contributed by atoms with Crippen LogP contribution in [0, 0.1) is 12.8 Å². The van der Waals surface area contributed by atoms with E-state index < -0.39 is 12.1 Å². The molecule has 0 radical (unpaired) electrons. The van der Waals surface area contributed by atoms with E-state index in [2.05, 4.69) is 20.9 Å². The summed E-state index contributed by atoms with van der Waals surface area (Å²) in [6.45, 7) is 4.45. The topological polar surface area (TPSA) is 96.3 Å². The van der Waals surface area contributed by atoms with Crippen molar-refractivity contribution in [3.8, 4) is 11.5 Å². The van der Waals surface area contributed by atoms with Crippen LogP contribution in [0.2, 0.25) is 0 Å². The maximum absolute atomic E-state index is 12.2. The lowest BCUT2D eigenvalue weighted by Gasteiger charge is -2.28. The van der Waals surface area contributed by atoms with Gasteiger partial charge < -0.3 is 20.4 Å². The summed E-state index contributed by atoms with van der Waals surface area (Å²) < 4.78 is 5.37. The van der Waals surface area contributed by atoms with Crippen LogP contribution in [0.5, 0.6) is 0 Å². The number of carbonyl (C=O) groups excluding carboxylic acids is 2. The summed E-state index contributed by atoms with van der Waals surface area (Å²) >= 11 is 0. The van der Waals surface area contributed by atoms with Gasteiger partial charge in [-0.05, 0) is 37.5 Å². The Labute approximate surface area is 139 Å².